The van der Waals surface area contributed by atoms with Crippen molar-refractivity contribution in [2.45, 2.75) is 37.1 Å². The van der Waals surface area contributed by atoms with E-state index in [0.717, 1.165) is 25.1 Å². The minimum atomic E-state index is -2.23. The topological polar surface area (TPSA) is 196 Å². The van der Waals surface area contributed by atoms with Gasteiger partial charge in [0.1, 0.15) is 36.2 Å². The highest BCUT2D eigenvalue weighted by atomic mass is 16.7. The number of furan rings is 1. The summed E-state index contributed by atoms with van der Waals surface area (Å²) in [5, 5.41) is 60.9. The van der Waals surface area contributed by atoms with Gasteiger partial charge in [0, 0.05) is 5.56 Å². The Labute approximate surface area is 196 Å². The summed E-state index contributed by atoms with van der Waals surface area (Å²) in [6.07, 6.45) is -6.61. The summed E-state index contributed by atoms with van der Waals surface area (Å²) in [4.78, 5) is 26.4. The second-order valence-corrected chi connectivity index (χ2v) is 8.46. The van der Waals surface area contributed by atoms with Crippen molar-refractivity contribution < 1.29 is 58.9 Å². The summed E-state index contributed by atoms with van der Waals surface area (Å²) in [6.45, 7) is 0.539. The van der Waals surface area contributed by atoms with Crippen LogP contribution in [0.15, 0.2) is 34.7 Å². The smallest absolute Gasteiger partial charge is 0.343 e. The molecule has 0 bridgehead atoms. The van der Waals surface area contributed by atoms with E-state index in [-0.39, 0.29) is 33.4 Å². The van der Waals surface area contributed by atoms with E-state index in [4.69, 9.17) is 18.6 Å². The largest absolute Gasteiger partial charge is 0.504 e. The van der Waals surface area contributed by atoms with Crippen molar-refractivity contribution in [3.8, 4) is 28.6 Å². The summed E-state index contributed by atoms with van der Waals surface area (Å²) in [6, 6.07) is 5.91. The molecule has 2 aliphatic heterocycles. The Bertz CT molecular complexity index is 1360. The van der Waals surface area contributed by atoms with Gasteiger partial charge in [-0.2, -0.15) is 0 Å². The number of rotatable bonds is 1. The van der Waals surface area contributed by atoms with Crippen LogP contribution in [0.1, 0.15) is 27.6 Å². The molecule has 0 saturated carbocycles. The molecule has 184 valence electrons. The van der Waals surface area contributed by atoms with E-state index in [0.29, 0.717) is 0 Å². The second-order valence-electron chi connectivity index (χ2n) is 8.46. The number of cyclic esters (lactones) is 1. The molecule has 1 saturated heterocycles. The number of hydrogen-bond donors (Lipinski definition) is 6. The van der Waals surface area contributed by atoms with Crippen molar-refractivity contribution in [3.63, 3.8) is 0 Å². The van der Waals surface area contributed by atoms with Gasteiger partial charge in [-0.25, -0.2) is 9.59 Å². The fraction of sp³-hybridized carbons (Fsp3) is 0.304. The summed E-state index contributed by atoms with van der Waals surface area (Å²) in [7, 11) is 0. The van der Waals surface area contributed by atoms with Gasteiger partial charge in [-0.05, 0) is 37.3 Å². The Kier molecular flexibility index (Phi) is 5.14. The number of esters is 2. The highest BCUT2D eigenvalue weighted by Gasteiger charge is 2.53. The first-order valence-corrected chi connectivity index (χ1v) is 10.4. The van der Waals surface area contributed by atoms with Gasteiger partial charge >= 0.3 is 11.9 Å². The predicted molar refractivity (Wildman–Crippen MR) is 114 cm³/mol. The zero-order valence-electron chi connectivity index (χ0n) is 18.0. The average Bonchev–Trinajstić information content (AvgIpc) is 3.21. The van der Waals surface area contributed by atoms with Crippen molar-refractivity contribution >= 4 is 22.9 Å². The van der Waals surface area contributed by atoms with E-state index in [1.807, 2.05) is 0 Å². The lowest BCUT2D eigenvalue weighted by molar-refractivity contribution is -0.340. The van der Waals surface area contributed by atoms with E-state index in [9.17, 15) is 40.2 Å². The lowest BCUT2D eigenvalue weighted by Gasteiger charge is -2.45. The second kappa shape index (κ2) is 7.85. The molecule has 5 atom stereocenters. The molecule has 12 nitrogen and oxygen atoms in total. The monoisotopic (exact) mass is 488 g/mol. The minimum Gasteiger partial charge on any atom is -0.504 e. The molecule has 3 aromatic rings. The van der Waals surface area contributed by atoms with E-state index < -0.39 is 66.0 Å². The van der Waals surface area contributed by atoms with Gasteiger partial charge < -0.3 is 49.3 Å². The molecule has 5 rings (SSSR count). The number of hydrogen-bond acceptors (Lipinski definition) is 12. The number of fused-ring (bicyclic) bond motifs is 1. The Morgan fingerprint density at radius 2 is 1.69 bits per heavy atom. The van der Waals surface area contributed by atoms with Crippen LogP contribution in [0.3, 0.4) is 0 Å². The van der Waals surface area contributed by atoms with E-state index >= 15 is 0 Å². The number of carbonyl (C=O) groups excluding carboxylic acids is 2. The first-order valence-electron chi connectivity index (χ1n) is 10.4. The van der Waals surface area contributed by atoms with Crippen molar-refractivity contribution in [1.82, 2.24) is 0 Å². The highest BCUT2D eigenvalue weighted by Crippen LogP contribution is 2.43. The molecular weight excluding hydrogens is 468 g/mol. The summed E-state index contributed by atoms with van der Waals surface area (Å²) >= 11 is 0. The molecule has 1 aromatic heterocycles. The molecule has 0 spiro atoms. The molecule has 0 unspecified atom stereocenters. The summed E-state index contributed by atoms with van der Waals surface area (Å²) in [5.74, 6) is -5.91. The predicted octanol–water partition coefficient (Wildman–Crippen LogP) is 0.741. The first kappa shape index (κ1) is 22.9. The molecule has 0 amide bonds. The lowest BCUT2D eigenvalue weighted by atomic mass is 9.93. The van der Waals surface area contributed by atoms with Gasteiger partial charge in [-0.15, -0.1) is 0 Å². The maximum atomic E-state index is 13.5. The molecule has 35 heavy (non-hydrogen) atoms. The zero-order chi connectivity index (χ0) is 25.2. The van der Waals surface area contributed by atoms with Gasteiger partial charge in [-0.3, -0.25) is 0 Å². The third-order valence-electron chi connectivity index (χ3n) is 6.07. The van der Waals surface area contributed by atoms with Crippen LogP contribution in [0.4, 0.5) is 0 Å². The van der Waals surface area contributed by atoms with E-state index in [2.05, 4.69) is 0 Å². The third kappa shape index (κ3) is 3.54. The lowest BCUT2D eigenvalue weighted by Crippen LogP contribution is -2.65. The van der Waals surface area contributed by atoms with Crippen LogP contribution < -0.4 is 0 Å². The Morgan fingerprint density at radius 3 is 2.40 bits per heavy atom. The number of aliphatic hydroxyl groups is 3. The number of phenolic OH excluding ortho intramolecular Hbond substituents is 3. The first-order chi connectivity index (χ1) is 16.5. The number of benzene rings is 2. The van der Waals surface area contributed by atoms with Crippen LogP contribution in [0.5, 0.6) is 17.2 Å². The van der Waals surface area contributed by atoms with Crippen molar-refractivity contribution in [3.05, 3.63) is 41.5 Å². The zero-order valence-corrected chi connectivity index (χ0v) is 18.0. The van der Waals surface area contributed by atoms with Crippen LogP contribution in [0.25, 0.3) is 22.3 Å². The Hall–Kier alpha value is -3.84. The number of ether oxygens (including phenoxy) is 3. The number of carbonyl (C=O) groups is 2. The molecule has 3 heterocycles. The standard InChI is InChI=1S/C23H20O12/c1-23(31)20(28)16(27)19-13(35-23)7-32-21(29)9-3-5-11(25)18-14(9)15(22(30)34-19)17(33-18)8-2-4-10(24)12(26)6-8/h2-6,13,16,19-20,24-28,31H,7H2,1H3/t13-,16+,19-,20-,23-/m0/s1. The van der Waals surface area contributed by atoms with Crippen LogP contribution in [-0.4, -0.2) is 79.4 Å². The maximum absolute atomic E-state index is 13.5. The third-order valence-corrected chi connectivity index (χ3v) is 6.07. The van der Waals surface area contributed by atoms with E-state index in [1.165, 1.54) is 12.1 Å². The number of aliphatic hydroxyl groups excluding tert-OH is 2. The van der Waals surface area contributed by atoms with Crippen LogP contribution in [0, 0.1) is 0 Å². The Balaban J connectivity index is 1.73. The Morgan fingerprint density at radius 1 is 0.971 bits per heavy atom. The van der Waals surface area contributed by atoms with Crippen LogP contribution in [0.2, 0.25) is 0 Å². The average molecular weight is 488 g/mol. The van der Waals surface area contributed by atoms with Gasteiger partial charge in [0.2, 0.25) is 0 Å². The molecule has 12 heteroatoms. The molecule has 0 aliphatic carbocycles. The normalized spacial score (nSPS) is 28.8. The van der Waals surface area contributed by atoms with Gasteiger partial charge in [0.25, 0.3) is 0 Å². The molecule has 2 aliphatic rings. The van der Waals surface area contributed by atoms with Gasteiger partial charge in [0.15, 0.2) is 34.7 Å². The van der Waals surface area contributed by atoms with Crippen molar-refractivity contribution in [2.24, 2.45) is 0 Å². The van der Waals surface area contributed by atoms with Crippen LogP contribution in [-0.2, 0) is 14.2 Å². The highest BCUT2D eigenvalue weighted by molar-refractivity contribution is 6.17. The molecule has 1 fully saturated rings. The molecule has 6 N–H and O–H groups in total. The summed E-state index contributed by atoms with van der Waals surface area (Å²) < 4.78 is 21.8. The van der Waals surface area contributed by atoms with Gasteiger partial charge in [0.05, 0.1) is 10.9 Å². The fourth-order valence-corrected chi connectivity index (χ4v) is 4.27. The summed E-state index contributed by atoms with van der Waals surface area (Å²) in [5.41, 5.74) is -0.689. The molecular formula is C23H20O12. The molecule has 2 aromatic carbocycles. The fourth-order valence-electron chi connectivity index (χ4n) is 4.27. The van der Waals surface area contributed by atoms with Crippen molar-refractivity contribution in [1.29, 1.82) is 0 Å². The van der Waals surface area contributed by atoms with E-state index in [1.54, 1.807) is 0 Å². The molecule has 0 radical (unpaired) electrons. The van der Waals surface area contributed by atoms with Crippen LogP contribution >= 0.6 is 0 Å². The quantitative estimate of drug-likeness (QED) is 0.208. The SMILES string of the molecule is C[C@]1(O)O[C@H]2COC(=O)c3ccc(O)c4oc(-c5ccc(O)c(O)c5)c(c34)C(=O)O[C@@H]2[C@@H](O)[C@@H]1O. The maximum Gasteiger partial charge on any atom is 0.343 e. The van der Waals surface area contributed by atoms with Gasteiger partial charge in [-0.1, -0.05) is 0 Å². The number of phenols is 3. The number of aromatic hydroxyl groups is 3. The minimum absolute atomic E-state index is 0.0826. The van der Waals surface area contributed by atoms with Crippen molar-refractivity contribution in [2.75, 3.05) is 6.61 Å².